The van der Waals surface area contributed by atoms with E-state index >= 15 is 0 Å². The van der Waals surface area contributed by atoms with Crippen LogP contribution in [0.15, 0.2) is 24.3 Å². The van der Waals surface area contributed by atoms with Crippen LogP contribution in [0.1, 0.15) is 39.2 Å². The van der Waals surface area contributed by atoms with Crippen molar-refractivity contribution in [3.63, 3.8) is 0 Å². The summed E-state index contributed by atoms with van der Waals surface area (Å²) in [7, 11) is 0. The van der Waals surface area contributed by atoms with Crippen molar-refractivity contribution in [2.24, 2.45) is 11.8 Å². The van der Waals surface area contributed by atoms with Gasteiger partial charge in [-0.05, 0) is 30.4 Å². The van der Waals surface area contributed by atoms with Crippen LogP contribution in [0.3, 0.4) is 0 Å². The van der Waals surface area contributed by atoms with Crippen LogP contribution < -0.4 is 5.32 Å². The number of hydrogen-bond donors (Lipinski definition) is 1. The third-order valence-corrected chi connectivity index (χ3v) is 3.33. The fourth-order valence-electron chi connectivity index (χ4n) is 2.00. The minimum absolute atomic E-state index is 0.0122. The molecule has 0 saturated carbocycles. The molecule has 3 nitrogen and oxygen atoms in total. The second-order valence-electron chi connectivity index (χ2n) is 5.08. The van der Waals surface area contributed by atoms with Crippen molar-refractivity contribution in [1.29, 1.82) is 5.26 Å². The number of nitrogens with zero attached hydrogens (tertiary/aromatic N) is 1. The van der Waals surface area contributed by atoms with Crippen LogP contribution in [0.4, 0.5) is 5.69 Å². The Morgan fingerprint density at radius 2 is 2.05 bits per heavy atom. The number of nitrogens with one attached hydrogen (secondary N) is 1. The van der Waals surface area contributed by atoms with Crippen LogP contribution in [0.5, 0.6) is 0 Å². The molecule has 0 aliphatic rings. The number of nitriles is 1. The summed E-state index contributed by atoms with van der Waals surface area (Å²) in [5.41, 5.74) is 2.02. The van der Waals surface area contributed by atoms with Gasteiger partial charge in [0.25, 0.3) is 0 Å². The molecule has 0 bridgehead atoms. The predicted molar refractivity (Wildman–Crippen MR) is 77.6 cm³/mol. The maximum atomic E-state index is 11.9. The molecule has 1 unspecified atom stereocenters. The van der Waals surface area contributed by atoms with Gasteiger partial charge >= 0.3 is 0 Å². The standard InChI is InChI=1S/C16H22N2O/c1-4-13-7-5-6-8-15(13)18-16(19)10-9-14(11-17)12(2)3/h5-8,12,14H,4,9-10H2,1-3H3,(H,18,19). The summed E-state index contributed by atoms with van der Waals surface area (Å²) in [5.74, 6) is 0.231. The molecule has 3 heteroatoms. The highest BCUT2D eigenvalue weighted by molar-refractivity contribution is 5.91. The molecule has 1 rings (SSSR count). The fourth-order valence-corrected chi connectivity index (χ4v) is 2.00. The van der Waals surface area contributed by atoms with Gasteiger partial charge in [0.2, 0.25) is 5.91 Å². The quantitative estimate of drug-likeness (QED) is 0.844. The number of anilines is 1. The van der Waals surface area contributed by atoms with Crippen LogP contribution in [0.25, 0.3) is 0 Å². The number of amides is 1. The van der Waals surface area contributed by atoms with Gasteiger partial charge < -0.3 is 5.32 Å². The Bertz CT molecular complexity index is 460. The first-order valence-corrected chi connectivity index (χ1v) is 6.85. The molecule has 0 spiro atoms. The van der Waals surface area contributed by atoms with Crippen LogP contribution in [0.2, 0.25) is 0 Å². The lowest BCUT2D eigenvalue weighted by Crippen LogP contribution is -2.15. The van der Waals surface area contributed by atoms with E-state index in [1.807, 2.05) is 38.1 Å². The number of hydrogen-bond acceptors (Lipinski definition) is 2. The van der Waals surface area contributed by atoms with Crippen molar-refractivity contribution in [2.75, 3.05) is 5.32 Å². The largest absolute Gasteiger partial charge is 0.326 e. The molecule has 0 saturated heterocycles. The topological polar surface area (TPSA) is 52.9 Å². The molecule has 1 N–H and O–H groups in total. The fraction of sp³-hybridized carbons (Fsp3) is 0.500. The number of benzene rings is 1. The van der Waals surface area contributed by atoms with Gasteiger partial charge in [0, 0.05) is 18.0 Å². The number of carbonyl (C=O) groups is 1. The Balaban J connectivity index is 2.54. The first-order chi connectivity index (χ1) is 9.08. The van der Waals surface area contributed by atoms with Gasteiger partial charge in [-0.1, -0.05) is 39.0 Å². The molecule has 19 heavy (non-hydrogen) atoms. The van der Waals surface area contributed by atoms with Gasteiger partial charge in [-0.15, -0.1) is 0 Å². The molecule has 1 aromatic rings. The highest BCUT2D eigenvalue weighted by Crippen LogP contribution is 2.18. The van der Waals surface area contributed by atoms with E-state index in [1.54, 1.807) is 0 Å². The summed E-state index contributed by atoms with van der Waals surface area (Å²) in [5, 5.41) is 11.9. The lowest BCUT2D eigenvalue weighted by molar-refractivity contribution is -0.116. The SMILES string of the molecule is CCc1ccccc1NC(=O)CCC(C#N)C(C)C. The normalized spacial score (nSPS) is 11.9. The molecule has 1 aromatic carbocycles. The molecule has 0 aliphatic heterocycles. The van der Waals surface area contributed by atoms with Crippen molar-refractivity contribution >= 4 is 11.6 Å². The second kappa shape index (κ2) is 7.58. The van der Waals surface area contributed by atoms with Crippen molar-refractivity contribution < 1.29 is 4.79 Å². The van der Waals surface area contributed by atoms with E-state index in [0.717, 1.165) is 17.7 Å². The first kappa shape index (κ1) is 15.2. The zero-order valence-electron chi connectivity index (χ0n) is 11.9. The summed E-state index contributed by atoms with van der Waals surface area (Å²) in [6, 6.07) is 10.1. The molecule has 0 heterocycles. The summed E-state index contributed by atoms with van der Waals surface area (Å²) in [4.78, 5) is 11.9. The average Bonchev–Trinajstić information content (AvgIpc) is 2.39. The van der Waals surface area contributed by atoms with Crippen LogP contribution in [0, 0.1) is 23.2 Å². The van der Waals surface area contributed by atoms with Gasteiger partial charge in [0.1, 0.15) is 0 Å². The Labute approximate surface area is 115 Å². The van der Waals surface area contributed by atoms with Crippen LogP contribution in [-0.2, 0) is 11.2 Å². The van der Waals surface area contributed by atoms with Crippen molar-refractivity contribution in [2.45, 2.75) is 40.0 Å². The molecule has 1 atom stereocenters. The zero-order chi connectivity index (χ0) is 14.3. The highest BCUT2D eigenvalue weighted by Gasteiger charge is 2.14. The summed E-state index contributed by atoms with van der Waals surface area (Å²) in [6.07, 6.45) is 1.91. The molecule has 102 valence electrons. The molecule has 0 aromatic heterocycles. The second-order valence-corrected chi connectivity index (χ2v) is 5.08. The lowest BCUT2D eigenvalue weighted by Gasteiger charge is -2.13. The Morgan fingerprint density at radius 3 is 2.63 bits per heavy atom. The Morgan fingerprint density at radius 1 is 1.37 bits per heavy atom. The number of para-hydroxylation sites is 1. The maximum absolute atomic E-state index is 11.9. The van der Waals surface area contributed by atoms with E-state index in [0.29, 0.717) is 18.8 Å². The third-order valence-electron chi connectivity index (χ3n) is 3.33. The lowest BCUT2D eigenvalue weighted by atomic mass is 9.92. The van der Waals surface area contributed by atoms with E-state index in [-0.39, 0.29) is 11.8 Å². The minimum Gasteiger partial charge on any atom is -0.326 e. The van der Waals surface area contributed by atoms with Crippen LogP contribution >= 0.6 is 0 Å². The summed E-state index contributed by atoms with van der Waals surface area (Å²) >= 11 is 0. The Kier molecular flexibility index (Phi) is 6.08. The van der Waals surface area contributed by atoms with Crippen molar-refractivity contribution in [3.05, 3.63) is 29.8 Å². The molecule has 1 amide bonds. The van der Waals surface area contributed by atoms with Gasteiger partial charge in [0.05, 0.1) is 6.07 Å². The number of aryl methyl sites for hydroxylation is 1. The first-order valence-electron chi connectivity index (χ1n) is 6.85. The van der Waals surface area contributed by atoms with Gasteiger partial charge in [-0.2, -0.15) is 5.26 Å². The Hall–Kier alpha value is -1.82. The van der Waals surface area contributed by atoms with E-state index in [9.17, 15) is 4.79 Å². The minimum atomic E-state index is -0.0489. The van der Waals surface area contributed by atoms with Gasteiger partial charge in [-0.25, -0.2) is 0 Å². The van der Waals surface area contributed by atoms with Gasteiger partial charge in [-0.3, -0.25) is 4.79 Å². The van der Waals surface area contributed by atoms with E-state index in [4.69, 9.17) is 5.26 Å². The molecular weight excluding hydrogens is 236 g/mol. The smallest absolute Gasteiger partial charge is 0.224 e. The molecular formula is C16H22N2O. The van der Waals surface area contributed by atoms with Crippen molar-refractivity contribution in [3.8, 4) is 6.07 Å². The third kappa shape index (κ3) is 4.75. The monoisotopic (exact) mass is 258 g/mol. The molecule has 0 radical (unpaired) electrons. The average molecular weight is 258 g/mol. The number of carbonyl (C=O) groups excluding carboxylic acids is 1. The summed E-state index contributed by atoms with van der Waals surface area (Å²) in [6.45, 7) is 6.09. The number of rotatable bonds is 6. The van der Waals surface area contributed by atoms with E-state index in [2.05, 4.69) is 18.3 Å². The highest BCUT2D eigenvalue weighted by atomic mass is 16.1. The maximum Gasteiger partial charge on any atom is 0.224 e. The molecule has 0 fully saturated rings. The van der Waals surface area contributed by atoms with Crippen LogP contribution in [-0.4, -0.2) is 5.91 Å². The zero-order valence-corrected chi connectivity index (χ0v) is 11.9. The predicted octanol–water partition coefficient (Wildman–Crippen LogP) is 3.76. The van der Waals surface area contributed by atoms with E-state index in [1.165, 1.54) is 0 Å². The van der Waals surface area contributed by atoms with Gasteiger partial charge in [0.15, 0.2) is 0 Å². The molecule has 0 aliphatic carbocycles. The van der Waals surface area contributed by atoms with Crippen molar-refractivity contribution in [1.82, 2.24) is 0 Å². The van der Waals surface area contributed by atoms with E-state index < -0.39 is 0 Å². The summed E-state index contributed by atoms with van der Waals surface area (Å²) < 4.78 is 0.